The molecule has 0 unspecified atom stereocenters. The summed E-state index contributed by atoms with van der Waals surface area (Å²) in [6.45, 7) is 13.9. The number of carbonyl (C=O) groups excluding carboxylic acids is 1. The number of carbonyl (C=O) groups is 1. The van der Waals surface area contributed by atoms with Crippen LogP contribution in [0.3, 0.4) is 0 Å². The van der Waals surface area contributed by atoms with Crippen molar-refractivity contribution in [2.45, 2.75) is 137 Å². The minimum Gasteiger partial charge on any atom is -0.393 e. The van der Waals surface area contributed by atoms with Gasteiger partial charge in [0.15, 0.2) is 0 Å². The van der Waals surface area contributed by atoms with E-state index >= 15 is 0 Å². The van der Waals surface area contributed by atoms with Crippen LogP contribution in [0.1, 0.15) is 112 Å². The Hall–Kier alpha value is -0.540. The largest absolute Gasteiger partial charge is 0.393 e. The standard InChI is InChI=1S/C34H59NO6S/c1-7-26-30-17-24(36)13-15-34(30,6)29-14-16-33(5)27(11-12-28(33)31(29)32(26)38)21(2)9-8-10-25(37)20-42(39,40)35-18-22(3)41-23(4)19-35/h21-24,26-32,36,38H,7-20H2,1-6H3/t21-,22-,23-,24-,26-,27-,28+,29+,30+,31+,32-,33-,34-/m1/s1. The maximum Gasteiger partial charge on any atom is 0.221 e. The number of aliphatic hydroxyl groups excluding tert-OH is 2. The molecule has 5 rings (SSSR count). The highest BCUT2D eigenvalue weighted by Gasteiger charge is 2.64. The molecule has 42 heavy (non-hydrogen) atoms. The predicted octanol–water partition coefficient (Wildman–Crippen LogP) is 5.43. The van der Waals surface area contributed by atoms with Crippen molar-refractivity contribution in [2.24, 2.45) is 52.3 Å². The molecule has 0 bridgehead atoms. The first-order valence-electron chi connectivity index (χ1n) is 17.2. The summed E-state index contributed by atoms with van der Waals surface area (Å²) in [4.78, 5) is 12.8. The van der Waals surface area contributed by atoms with Gasteiger partial charge >= 0.3 is 0 Å². The van der Waals surface area contributed by atoms with Crippen molar-refractivity contribution in [1.82, 2.24) is 4.31 Å². The molecule has 4 aliphatic carbocycles. The lowest BCUT2D eigenvalue weighted by molar-refractivity contribution is -0.203. The van der Waals surface area contributed by atoms with E-state index in [1.165, 1.54) is 30.0 Å². The Kier molecular flexibility index (Phi) is 9.65. The van der Waals surface area contributed by atoms with Gasteiger partial charge in [-0.25, -0.2) is 8.42 Å². The van der Waals surface area contributed by atoms with E-state index in [1.807, 2.05) is 13.8 Å². The molecule has 1 aliphatic heterocycles. The van der Waals surface area contributed by atoms with E-state index in [0.717, 1.165) is 38.5 Å². The van der Waals surface area contributed by atoms with Crippen molar-refractivity contribution in [2.75, 3.05) is 18.8 Å². The number of aliphatic hydroxyl groups is 2. The molecule has 8 heteroatoms. The van der Waals surface area contributed by atoms with Gasteiger partial charge in [0.25, 0.3) is 0 Å². The minimum absolute atomic E-state index is 0.159. The molecule has 5 fully saturated rings. The number of hydrogen-bond donors (Lipinski definition) is 2. The summed E-state index contributed by atoms with van der Waals surface area (Å²) in [7, 11) is -3.61. The van der Waals surface area contributed by atoms with Crippen molar-refractivity contribution >= 4 is 15.8 Å². The molecule has 1 saturated heterocycles. The summed E-state index contributed by atoms with van der Waals surface area (Å²) in [5, 5.41) is 22.5. The fraction of sp³-hybridized carbons (Fsp3) is 0.971. The highest BCUT2D eigenvalue weighted by atomic mass is 32.2. The second-order valence-corrected chi connectivity index (χ2v) is 17.8. The lowest BCUT2D eigenvalue weighted by Crippen LogP contribution is -2.62. The molecule has 242 valence electrons. The molecule has 0 aromatic heterocycles. The lowest BCUT2D eigenvalue weighted by Gasteiger charge is -2.64. The van der Waals surface area contributed by atoms with Gasteiger partial charge in [-0.2, -0.15) is 4.31 Å². The molecule has 4 saturated carbocycles. The molecule has 0 amide bonds. The summed E-state index contributed by atoms with van der Waals surface area (Å²) in [6, 6.07) is 0. The molecule has 13 atom stereocenters. The van der Waals surface area contributed by atoms with Crippen LogP contribution in [0, 0.1) is 52.3 Å². The number of rotatable bonds is 9. The van der Waals surface area contributed by atoms with Crippen LogP contribution in [0.4, 0.5) is 0 Å². The smallest absolute Gasteiger partial charge is 0.221 e. The molecular formula is C34H59NO6S. The first-order chi connectivity index (χ1) is 19.7. The van der Waals surface area contributed by atoms with Crippen molar-refractivity contribution in [3.05, 3.63) is 0 Å². The second kappa shape index (κ2) is 12.3. The summed E-state index contributed by atoms with van der Waals surface area (Å²) >= 11 is 0. The van der Waals surface area contributed by atoms with Crippen LogP contribution < -0.4 is 0 Å². The lowest BCUT2D eigenvalue weighted by atomic mass is 9.41. The fourth-order valence-electron chi connectivity index (χ4n) is 11.5. The summed E-state index contributed by atoms with van der Waals surface area (Å²) in [5.41, 5.74) is 0.418. The third kappa shape index (κ3) is 5.90. The van der Waals surface area contributed by atoms with Gasteiger partial charge in [0, 0.05) is 19.5 Å². The highest BCUT2D eigenvalue weighted by Crippen LogP contribution is 2.69. The zero-order chi connectivity index (χ0) is 30.6. The van der Waals surface area contributed by atoms with E-state index in [0.29, 0.717) is 55.0 Å². The van der Waals surface area contributed by atoms with Crippen LogP contribution >= 0.6 is 0 Å². The number of ketones is 1. The number of nitrogens with zero attached hydrogens (tertiary/aromatic N) is 1. The summed E-state index contributed by atoms with van der Waals surface area (Å²) in [5.74, 6) is 2.57. The van der Waals surface area contributed by atoms with Gasteiger partial charge in [0.2, 0.25) is 10.0 Å². The molecule has 7 nitrogen and oxygen atoms in total. The van der Waals surface area contributed by atoms with E-state index in [-0.39, 0.29) is 46.9 Å². The number of fused-ring (bicyclic) bond motifs is 5. The molecule has 0 aromatic carbocycles. The number of hydrogen-bond acceptors (Lipinski definition) is 6. The first kappa shape index (κ1) is 32.8. The van der Waals surface area contributed by atoms with E-state index in [1.54, 1.807) is 0 Å². The van der Waals surface area contributed by atoms with Crippen molar-refractivity contribution in [3.63, 3.8) is 0 Å². The minimum atomic E-state index is -3.61. The Labute approximate surface area is 255 Å². The third-order valence-corrected chi connectivity index (χ3v) is 15.2. The van der Waals surface area contributed by atoms with E-state index < -0.39 is 15.8 Å². The topological polar surface area (TPSA) is 104 Å². The van der Waals surface area contributed by atoms with Crippen LogP contribution in [0.2, 0.25) is 0 Å². The molecular weight excluding hydrogens is 550 g/mol. The zero-order valence-corrected chi connectivity index (χ0v) is 27.9. The van der Waals surface area contributed by atoms with Crippen LogP contribution in [0.15, 0.2) is 0 Å². The van der Waals surface area contributed by atoms with Gasteiger partial charge in [-0.1, -0.05) is 40.5 Å². The third-order valence-electron chi connectivity index (χ3n) is 13.4. The monoisotopic (exact) mass is 609 g/mol. The highest BCUT2D eigenvalue weighted by molar-refractivity contribution is 7.89. The SMILES string of the molecule is CC[C@H]1[C@@H](O)[C@@H]2[C@H](CC[C@]3(C)[C@@H]([C@H](C)CCCC(=O)CS(=O)(=O)N4C[C@@H](C)O[C@H](C)C4)CC[C@@H]23)[C@@]2(C)CC[C@@H](O)C[C@@H]12. The van der Waals surface area contributed by atoms with Crippen molar-refractivity contribution in [1.29, 1.82) is 0 Å². The maximum absolute atomic E-state index is 12.9. The molecule has 0 spiro atoms. The van der Waals surface area contributed by atoms with Gasteiger partial charge < -0.3 is 14.9 Å². The second-order valence-electron chi connectivity index (χ2n) is 15.9. The number of ether oxygens (including phenoxy) is 1. The van der Waals surface area contributed by atoms with Gasteiger partial charge in [0.1, 0.15) is 11.5 Å². The van der Waals surface area contributed by atoms with Crippen LogP contribution in [0.25, 0.3) is 0 Å². The van der Waals surface area contributed by atoms with Gasteiger partial charge in [-0.15, -0.1) is 0 Å². The zero-order valence-electron chi connectivity index (χ0n) is 27.1. The predicted molar refractivity (Wildman–Crippen MR) is 165 cm³/mol. The average molecular weight is 610 g/mol. The van der Waals surface area contributed by atoms with Crippen LogP contribution in [-0.2, 0) is 19.6 Å². The Morgan fingerprint density at radius 2 is 1.62 bits per heavy atom. The molecule has 0 radical (unpaired) electrons. The summed E-state index contributed by atoms with van der Waals surface area (Å²) in [6.07, 6.45) is 9.73. The Bertz CT molecular complexity index is 1070. The number of Topliss-reactive ketones (excluding diaryl/α,β-unsaturated/α-hetero) is 1. The fourth-order valence-corrected chi connectivity index (χ4v) is 13.1. The number of sulfonamides is 1. The number of morpholine rings is 1. The Morgan fingerprint density at radius 1 is 0.976 bits per heavy atom. The molecule has 0 aromatic rings. The van der Waals surface area contributed by atoms with Crippen LogP contribution in [0.5, 0.6) is 0 Å². The molecule has 5 aliphatic rings. The summed E-state index contributed by atoms with van der Waals surface area (Å²) < 4.78 is 32.9. The van der Waals surface area contributed by atoms with Gasteiger partial charge in [-0.05, 0) is 117 Å². The quantitative estimate of drug-likeness (QED) is 0.362. The maximum atomic E-state index is 12.9. The van der Waals surface area contributed by atoms with E-state index in [4.69, 9.17) is 4.74 Å². The van der Waals surface area contributed by atoms with E-state index in [9.17, 15) is 23.4 Å². The molecule has 1 heterocycles. The normalized spacial score (nSPS) is 46.9. The Balaban J connectivity index is 1.19. The van der Waals surface area contributed by atoms with Gasteiger partial charge in [-0.3, -0.25) is 4.79 Å². The van der Waals surface area contributed by atoms with Crippen molar-refractivity contribution < 1.29 is 28.2 Å². The Morgan fingerprint density at radius 3 is 2.29 bits per heavy atom. The van der Waals surface area contributed by atoms with E-state index in [2.05, 4.69) is 27.7 Å². The first-order valence-corrected chi connectivity index (χ1v) is 18.8. The average Bonchev–Trinajstić information content (AvgIpc) is 3.26. The van der Waals surface area contributed by atoms with Crippen molar-refractivity contribution in [3.8, 4) is 0 Å². The van der Waals surface area contributed by atoms with Gasteiger partial charge in [0.05, 0.1) is 24.4 Å². The van der Waals surface area contributed by atoms with Crippen LogP contribution in [-0.4, -0.2) is 72.0 Å². The molecule has 2 N–H and O–H groups in total.